The Kier molecular flexibility index (Phi) is 4.29. The number of carbonyl (C=O) groups excluding carboxylic acids is 1. The Hall–Kier alpha value is -2.57. The van der Waals surface area contributed by atoms with Gasteiger partial charge in [0.05, 0.1) is 16.6 Å². The minimum atomic E-state index is -0.0611. The highest BCUT2D eigenvalue weighted by Gasteiger charge is 2.12. The van der Waals surface area contributed by atoms with Crippen LogP contribution < -0.4 is 5.32 Å². The Labute approximate surface area is 153 Å². The van der Waals surface area contributed by atoms with E-state index in [0.29, 0.717) is 11.6 Å². The van der Waals surface area contributed by atoms with E-state index in [0.717, 1.165) is 26.5 Å². The highest BCUT2D eigenvalue weighted by atomic mass is 32.1. The third-order valence-electron chi connectivity index (χ3n) is 3.75. The van der Waals surface area contributed by atoms with Gasteiger partial charge < -0.3 is 5.32 Å². The van der Waals surface area contributed by atoms with Gasteiger partial charge in [-0.3, -0.25) is 4.79 Å². The first-order chi connectivity index (χ1) is 12.2. The lowest BCUT2D eigenvalue weighted by molar-refractivity contribution is -0.115. The molecule has 0 aliphatic carbocycles. The van der Waals surface area contributed by atoms with Crippen LogP contribution in [0.3, 0.4) is 0 Å². The van der Waals surface area contributed by atoms with E-state index in [4.69, 9.17) is 0 Å². The van der Waals surface area contributed by atoms with Gasteiger partial charge in [-0.1, -0.05) is 42.0 Å². The number of para-hydroxylation sites is 1. The molecule has 0 atom stereocenters. The Balaban J connectivity index is 1.47. The van der Waals surface area contributed by atoms with Crippen molar-refractivity contribution in [3.8, 4) is 10.7 Å². The van der Waals surface area contributed by atoms with E-state index in [-0.39, 0.29) is 5.91 Å². The molecule has 1 amide bonds. The number of thiazole rings is 2. The van der Waals surface area contributed by atoms with Gasteiger partial charge in [0.25, 0.3) is 0 Å². The van der Waals surface area contributed by atoms with Crippen molar-refractivity contribution in [3.63, 3.8) is 0 Å². The van der Waals surface area contributed by atoms with E-state index in [9.17, 15) is 4.79 Å². The molecular weight excluding hydrogens is 350 g/mol. The fraction of sp³-hybridized carbons (Fsp3) is 0.105. The molecule has 4 aromatic rings. The second-order valence-corrected chi connectivity index (χ2v) is 7.62. The fourth-order valence-electron chi connectivity index (χ4n) is 2.47. The molecular formula is C19H15N3OS2. The molecule has 2 aromatic carbocycles. The van der Waals surface area contributed by atoms with Crippen molar-refractivity contribution in [1.82, 2.24) is 9.97 Å². The van der Waals surface area contributed by atoms with Crippen LogP contribution in [-0.4, -0.2) is 15.9 Å². The number of nitrogens with one attached hydrogen (secondary N) is 1. The summed E-state index contributed by atoms with van der Waals surface area (Å²) >= 11 is 3.03. The van der Waals surface area contributed by atoms with Crippen molar-refractivity contribution >= 4 is 43.9 Å². The number of aryl methyl sites for hydroxylation is 1. The number of carbonyl (C=O) groups is 1. The molecule has 0 fully saturated rings. The third kappa shape index (κ3) is 3.60. The van der Waals surface area contributed by atoms with Crippen molar-refractivity contribution in [1.29, 1.82) is 0 Å². The Morgan fingerprint density at radius 2 is 1.88 bits per heavy atom. The SMILES string of the molecule is Cc1ccc(CC(=O)Nc2nc(-c3nc4ccccc4s3)cs2)cc1. The van der Waals surface area contributed by atoms with Crippen molar-refractivity contribution in [2.45, 2.75) is 13.3 Å². The summed E-state index contributed by atoms with van der Waals surface area (Å²) in [6.07, 6.45) is 0.344. The summed E-state index contributed by atoms with van der Waals surface area (Å²) in [5.41, 5.74) is 3.95. The predicted octanol–water partition coefficient (Wildman–Crippen LogP) is 4.91. The molecule has 0 saturated heterocycles. The Bertz CT molecular complexity index is 1000. The molecule has 0 aliphatic rings. The molecule has 25 heavy (non-hydrogen) atoms. The molecule has 4 nitrogen and oxygen atoms in total. The van der Waals surface area contributed by atoms with Crippen LogP contribution >= 0.6 is 22.7 Å². The van der Waals surface area contributed by atoms with Crippen LogP contribution in [0.4, 0.5) is 5.13 Å². The first kappa shape index (κ1) is 15.9. The molecule has 2 aromatic heterocycles. The quantitative estimate of drug-likeness (QED) is 0.559. The van der Waals surface area contributed by atoms with Crippen LogP contribution in [0.5, 0.6) is 0 Å². The molecule has 0 spiro atoms. The molecule has 0 bridgehead atoms. The zero-order valence-electron chi connectivity index (χ0n) is 13.5. The zero-order chi connectivity index (χ0) is 17.2. The van der Waals surface area contributed by atoms with Gasteiger partial charge in [-0.05, 0) is 24.6 Å². The van der Waals surface area contributed by atoms with Gasteiger partial charge in [0.2, 0.25) is 5.91 Å². The molecule has 1 N–H and O–H groups in total. The summed E-state index contributed by atoms with van der Waals surface area (Å²) in [5, 5.41) is 6.28. The number of benzene rings is 2. The van der Waals surface area contributed by atoms with Crippen LogP contribution in [-0.2, 0) is 11.2 Å². The van der Waals surface area contributed by atoms with E-state index in [1.165, 1.54) is 16.9 Å². The maximum absolute atomic E-state index is 12.2. The summed E-state index contributed by atoms with van der Waals surface area (Å²) < 4.78 is 1.13. The highest BCUT2D eigenvalue weighted by molar-refractivity contribution is 7.22. The average molecular weight is 365 g/mol. The monoisotopic (exact) mass is 365 g/mol. The number of hydrogen-bond acceptors (Lipinski definition) is 5. The lowest BCUT2D eigenvalue weighted by atomic mass is 10.1. The number of anilines is 1. The summed E-state index contributed by atoms with van der Waals surface area (Å²) in [6, 6.07) is 16.0. The number of nitrogens with zero attached hydrogens (tertiary/aromatic N) is 2. The molecule has 4 rings (SSSR count). The van der Waals surface area contributed by atoms with E-state index in [1.54, 1.807) is 11.3 Å². The van der Waals surface area contributed by atoms with Crippen LogP contribution in [0.2, 0.25) is 0 Å². The van der Waals surface area contributed by atoms with Crippen LogP contribution in [0.25, 0.3) is 20.9 Å². The second-order valence-electron chi connectivity index (χ2n) is 5.74. The summed E-state index contributed by atoms with van der Waals surface area (Å²) in [7, 11) is 0. The van der Waals surface area contributed by atoms with Crippen molar-refractivity contribution in [2.75, 3.05) is 5.32 Å². The van der Waals surface area contributed by atoms with Crippen molar-refractivity contribution in [2.24, 2.45) is 0 Å². The third-order valence-corrected chi connectivity index (χ3v) is 5.57. The maximum atomic E-state index is 12.2. The number of aromatic nitrogens is 2. The molecule has 0 unspecified atom stereocenters. The fourth-order valence-corrected chi connectivity index (χ4v) is 4.18. The van der Waals surface area contributed by atoms with Crippen LogP contribution in [0.15, 0.2) is 53.9 Å². The van der Waals surface area contributed by atoms with Gasteiger partial charge in [-0.25, -0.2) is 9.97 Å². The van der Waals surface area contributed by atoms with Crippen molar-refractivity contribution in [3.05, 3.63) is 65.0 Å². The zero-order valence-corrected chi connectivity index (χ0v) is 15.2. The Morgan fingerprint density at radius 1 is 1.08 bits per heavy atom. The molecule has 0 aliphatic heterocycles. The maximum Gasteiger partial charge on any atom is 0.230 e. The highest BCUT2D eigenvalue weighted by Crippen LogP contribution is 2.31. The Morgan fingerprint density at radius 3 is 2.68 bits per heavy atom. The predicted molar refractivity (Wildman–Crippen MR) is 104 cm³/mol. The van der Waals surface area contributed by atoms with Gasteiger partial charge in [-0.2, -0.15) is 0 Å². The summed E-state index contributed by atoms with van der Waals surface area (Å²) in [4.78, 5) is 21.3. The molecule has 6 heteroatoms. The van der Waals surface area contributed by atoms with Gasteiger partial charge in [0, 0.05) is 5.38 Å². The normalized spacial score (nSPS) is 10.9. The number of rotatable bonds is 4. The number of hydrogen-bond donors (Lipinski definition) is 1. The molecule has 0 radical (unpaired) electrons. The van der Waals surface area contributed by atoms with E-state index in [2.05, 4.69) is 15.3 Å². The molecule has 124 valence electrons. The van der Waals surface area contributed by atoms with Gasteiger partial charge in [-0.15, -0.1) is 22.7 Å². The lowest BCUT2D eigenvalue weighted by Gasteiger charge is -2.02. The van der Waals surface area contributed by atoms with E-state index < -0.39 is 0 Å². The summed E-state index contributed by atoms with van der Waals surface area (Å²) in [6.45, 7) is 2.03. The van der Waals surface area contributed by atoms with E-state index in [1.807, 2.05) is 60.8 Å². The first-order valence-corrected chi connectivity index (χ1v) is 9.54. The van der Waals surface area contributed by atoms with Gasteiger partial charge in [0.1, 0.15) is 10.7 Å². The number of amides is 1. The lowest BCUT2D eigenvalue weighted by Crippen LogP contribution is -2.14. The molecule has 2 heterocycles. The van der Waals surface area contributed by atoms with Crippen LogP contribution in [0, 0.1) is 6.92 Å². The van der Waals surface area contributed by atoms with Gasteiger partial charge in [0.15, 0.2) is 5.13 Å². The minimum absolute atomic E-state index is 0.0611. The standard InChI is InChI=1S/C19H15N3OS2/c1-12-6-8-13(9-7-12)10-17(23)22-19-21-15(11-24-19)18-20-14-4-2-3-5-16(14)25-18/h2-9,11H,10H2,1H3,(H,21,22,23). The van der Waals surface area contributed by atoms with Crippen molar-refractivity contribution < 1.29 is 4.79 Å². The average Bonchev–Trinajstić information content (AvgIpc) is 3.23. The van der Waals surface area contributed by atoms with Crippen LogP contribution in [0.1, 0.15) is 11.1 Å². The first-order valence-electron chi connectivity index (χ1n) is 7.84. The largest absolute Gasteiger partial charge is 0.302 e. The topological polar surface area (TPSA) is 54.9 Å². The summed E-state index contributed by atoms with van der Waals surface area (Å²) in [5.74, 6) is -0.0611. The van der Waals surface area contributed by atoms with Gasteiger partial charge >= 0.3 is 0 Å². The number of fused-ring (bicyclic) bond motifs is 1. The van der Waals surface area contributed by atoms with E-state index >= 15 is 0 Å². The smallest absolute Gasteiger partial charge is 0.230 e. The minimum Gasteiger partial charge on any atom is -0.302 e. The molecule has 0 saturated carbocycles. The second kappa shape index (κ2) is 6.74.